The minimum atomic E-state index is -0.165. The van der Waals surface area contributed by atoms with Gasteiger partial charge in [0.1, 0.15) is 0 Å². The molecule has 2 N–H and O–H groups in total. The van der Waals surface area contributed by atoms with Crippen molar-refractivity contribution in [2.24, 2.45) is 5.92 Å². The van der Waals surface area contributed by atoms with Crippen LogP contribution in [-0.4, -0.2) is 35.8 Å². The van der Waals surface area contributed by atoms with E-state index < -0.39 is 0 Å². The average Bonchev–Trinajstić information content (AvgIpc) is 2.77. The monoisotopic (exact) mass is 461 g/mol. The molecule has 2 aromatic carbocycles. The van der Waals surface area contributed by atoms with Gasteiger partial charge in [0.2, 0.25) is 5.91 Å². The van der Waals surface area contributed by atoms with Crippen LogP contribution in [0.5, 0.6) is 0 Å². The van der Waals surface area contributed by atoms with E-state index in [1.54, 1.807) is 12.1 Å². The summed E-state index contributed by atoms with van der Waals surface area (Å²) in [5.74, 6) is -0.268. The van der Waals surface area contributed by atoms with Crippen molar-refractivity contribution in [2.75, 3.05) is 18.4 Å². The fraction of sp³-hybridized carbons (Fsp3) is 0.417. The van der Waals surface area contributed by atoms with Crippen molar-refractivity contribution in [3.8, 4) is 0 Å². The van der Waals surface area contributed by atoms with Crippen LogP contribution < -0.4 is 10.6 Å². The summed E-state index contributed by atoms with van der Waals surface area (Å²) in [4.78, 5) is 27.8. The van der Waals surface area contributed by atoms with E-state index in [9.17, 15) is 9.59 Å². The molecule has 0 aliphatic carbocycles. The number of halogens is 2. The van der Waals surface area contributed by atoms with Gasteiger partial charge in [0.05, 0.1) is 21.3 Å². The Balaban J connectivity index is 1.55. The van der Waals surface area contributed by atoms with E-state index in [0.717, 1.165) is 44.5 Å². The molecule has 7 heteroatoms. The van der Waals surface area contributed by atoms with Gasteiger partial charge >= 0.3 is 0 Å². The number of anilines is 1. The predicted molar refractivity (Wildman–Crippen MR) is 127 cm³/mol. The van der Waals surface area contributed by atoms with Crippen LogP contribution in [0.3, 0.4) is 0 Å². The van der Waals surface area contributed by atoms with Gasteiger partial charge in [-0.05, 0) is 69.1 Å². The van der Waals surface area contributed by atoms with E-state index in [0.29, 0.717) is 21.3 Å². The molecule has 31 heavy (non-hydrogen) atoms. The summed E-state index contributed by atoms with van der Waals surface area (Å²) in [6, 6.07) is 12.9. The van der Waals surface area contributed by atoms with Crippen molar-refractivity contribution in [1.82, 2.24) is 10.2 Å². The standard InChI is InChI=1S/C24H29Cl2N3O2/c1-3-16(2)27-24(31)19-6-4-5-7-22(19)28-23(30)18-10-12-29(13-11-18)15-17-8-9-20(25)21(26)14-17/h4-9,14,16,18H,3,10-13,15H2,1-2H3,(H,27,31)(H,28,30). The Morgan fingerprint density at radius 3 is 2.48 bits per heavy atom. The van der Waals surface area contributed by atoms with E-state index in [-0.39, 0.29) is 23.8 Å². The normalized spacial score (nSPS) is 16.0. The lowest BCUT2D eigenvalue weighted by Crippen LogP contribution is -2.38. The van der Waals surface area contributed by atoms with Gasteiger partial charge in [0.25, 0.3) is 5.91 Å². The molecular formula is C24H29Cl2N3O2. The summed E-state index contributed by atoms with van der Waals surface area (Å²) in [5.41, 5.74) is 2.17. The Labute approximate surface area is 194 Å². The number of para-hydroxylation sites is 1. The third-order valence-corrected chi connectivity index (χ3v) is 6.51. The summed E-state index contributed by atoms with van der Waals surface area (Å²) in [6.45, 7) is 6.42. The maximum absolute atomic E-state index is 12.9. The first kappa shape index (κ1) is 23.6. The zero-order valence-electron chi connectivity index (χ0n) is 18.0. The summed E-state index contributed by atoms with van der Waals surface area (Å²) < 4.78 is 0. The molecule has 1 heterocycles. The van der Waals surface area contributed by atoms with Gasteiger partial charge in [0, 0.05) is 18.5 Å². The van der Waals surface area contributed by atoms with Crippen molar-refractivity contribution in [1.29, 1.82) is 0 Å². The first-order valence-corrected chi connectivity index (χ1v) is 11.5. The molecule has 1 saturated heterocycles. The minimum Gasteiger partial charge on any atom is -0.350 e. The number of amides is 2. The number of piperidine rings is 1. The number of likely N-dealkylation sites (tertiary alicyclic amines) is 1. The highest BCUT2D eigenvalue weighted by Crippen LogP contribution is 2.26. The van der Waals surface area contributed by atoms with Crippen LogP contribution in [0.1, 0.15) is 49.0 Å². The number of hydrogen-bond acceptors (Lipinski definition) is 3. The lowest BCUT2D eigenvalue weighted by atomic mass is 9.95. The molecule has 0 radical (unpaired) electrons. The molecule has 1 atom stereocenters. The van der Waals surface area contributed by atoms with E-state index in [1.165, 1.54) is 0 Å². The molecule has 1 unspecified atom stereocenters. The molecule has 3 rings (SSSR count). The molecule has 1 fully saturated rings. The number of nitrogens with zero attached hydrogens (tertiary/aromatic N) is 1. The minimum absolute atomic E-state index is 0.0297. The largest absolute Gasteiger partial charge is 0.350 e. The molecule has 0 bridgehead atoms. The molecule has 0 saturated carbocycles. The summed E-state index contributed by atoms with van der Waals surface area (Å²) >= 11 is 12.1. The number of nitrogens with one attached hydrogen (secondary N) is 2. The van der Waals surface area contributed by atoms with E-state index >= 15 is 0 Å². The van der Waals surface area contributed by atoms with Gasteiger partial charge in [0.15, 0.2) is 0 Å². The second-order valence-electron chi connectivity index (χ2n) is 8.12. The van der Waals surface area contributed by atoms with Crippen molar-refractivity contribution in [3.05, 3.63) is 63.6 Å². The molecular weight excluding hydrogens is 433 g/mol. The predicted octanol–water partition coefficient (Wildman–Crippen LogP) is 5.37. The van der Waals surface area contributed by atoms with Gasteiger partial charge < -0.3 is 10.6 Å². The molecule has 0 spiro atoms. The second kappa shape index (κ2) is 11.0. The number of carbonyl (C=O) groups excluding carboxylic acids is 2. The Kier molecular flexibility index (Phi) is 8.35. The van der Waals surface area contributed by atoms with Crippen molar-refractivity contribution < 1.29 is 9.59 Å². The first-order chi connectivity index (χ1) is 14.9. The number of rotatable bonds is 7. The highest BCUT2D eigenvalue weighted by Gasteiger charge is 2.26. The Morgan fingerprint density at radius 1 is 1.10 bits per heavy atom. The number of benzene rings is 2. The Morgan fingerprint density at radius 2 is 1.81 bits per heavy atom. The first-order valence-electron chi connectivity index (χ1n) is 10.7. The van der Waals surface area contributed by atoms with Crippen LogP contribution >= 0.6 is 23.2 Å². The molecule has 0 aromatic heterocycles. The Hall–Kier alpha value is -2.08. The molecule has 166 valence electrons. The van der Waals surface area contributed by atoms with Gasteiger partial charge in [-0.25, -0.2) is 0 Å². The van der Waals surface area contributed by atoms with Crippen LogP contribution in [0.25, 0.3) is 0 Å². The fourth-order valence-electron chi connectivity index (χ4n) is 3.68. The van der Waals surface area contributed by atoms with E-state index in [4.69, 9.17) is 23.2 Å². The summed E-state index contributed by atoms with van der Waals surface area (Å²) in [5, 5.41) is 7.06. The number of carbonyl (C=O) groups is 2. The maximum atomic E-state index is 12.9. The van der Waals surface area contributed by atoms with Gasteiger partial charge in [-0.1, -0.05) is 48.3 Å². The highest BCUT2D eigenvalue weighted by atomic mass is 35.5. The second-order valence-corrected chi connectivity index (χ2v) is 8.93. The molecule has 5 nitrogen and oxygen atoms in total. The van der Waals surface area contributed by atoms with Crippen LogP contribution in [-0.2, 0) is 11.3 Å². The van der Waals surface area contributed by atoms with Crippen molar-refractivity contribution in [3.63, 3.8) is 0 Å². The summed E-state index contributed by atoms with van der Waals surface area (Å²) in [6.07, 6.45) is 2.39. The highest BCUT2D eigenvalue weighted by molar-refractivity contribution is 6.42. The van der Waals surface area contributed by atoms with Crippen LogP contribution in [0.15, 0.2) is 42.5 Å². The maximum Gasteiger partial charge on any atom is 0.253 e. The number of hydrogen-bond donors (Lipinski definition) is 2. The fourth-order valence-corrected chi connectivity index (χ4v) is 4.00. The van der Waals surface area contributed by atoms with Crippen molar-refractivity contribution in [2.45, 2.75) is 45.7 Å². The SMILES string of the molecule is CCC(C)NC(=O)c1ccccc1NC(=O)C1CCN(Cc2ccc(Cl)c(Cl)c2)CC1. The molecule has 1 aliphatic rings. The van der Waals surface area contributed by atoms with E-state index in [2.05, 4.69) is 15.5 Å². The average molecular weight is 462 g/mol. The van der Waals surface area contributed by atoms with E-state index in [1.807, 2.05) is 44.2 Å². The lowest BCUT2D eigenvalue weighted by Gasteiger charge is -2.31. The zero-order chi connectivity index (χ0) is 22.4. The van der Waals surface area contributed by atoms with Gasteiger partial charge in [-0.2, -0.15) is 0 Å². The summed E-state index contributed by atoms with van der Waals surface area (Å²) in [7, 11) is 0. The van der Waals surface area contributed by atoms with Crippen LogP contribution in [0.4, 0.5) is 5.69 Å². The lowest BCUT2D eigenvalue weighted by molar-refractivity contribution is -0.121. The Bertz CT molecular complexity index is 927. The van der Waals surface area contributed by atoms with Gasteiger partial charge in [-0.3, -0.25) is 14.5 Å². The van der Waals surface area contributed by atoms with Crippen LogP contribution in [0, 0.1) is 5.92 Å². The zero-order valence-corrected chi connectivity index (χ0v) is 19.5. The topological polar surface area (TPSA) is 61.4 Å². The molecule has 2 aromatic rings. The third kappa shape index (κ3) is 6.45. The smallest absolute Gasteiger partial charge is 0.253 e. The third-order valence-electron chi connectivity index (χ3n) is 5.77. The van der Waals surface area contributed by atoms with Crippen molar-refractivity contribution >= 4 is 40.7 Å². The molecule has 2 amide bonds. The van der Waals surface area contributed by atoms with Crippen LogP contribution in [0.2, 0.25) is 10.0 Å². The quantitative estimate of drug-likeness (QED) is 0.582. The van der Waals surface area contributed by atoms with Gasteiger partial charge in [-0.15, -0.1) is 0 Å². The molecule has 1 aliphatic heterocycles.